The summed E-state index contributed by atoms with van der Waals surface area (Å²) in [6.07, 6.45) is 10.8. The van der Waals surface area contributed by atoms with Crippen LogP contribution in [0.25, 0.3) is 11.4 Å². The summed E-state index contributed by atoms with van der Waals surface area (Å²) < 4.78 is 11.4. The maximum absolute atomic E-state index is 12.3. The van der Waals surface area contributed by atoms with Gasteiger partial charge in [0.15, 0.2) is 11.5 Å². The molecule has 3 aromatic rings. The molecule has 0 spiro atoms. The number of nitrogens with zero attached hydrogens (tertiary/aromatic N) is 3. The van der Waals surface area contributed by atoms with E-state index in [1.54, 1.807) is 18.5 Å². The van der Waals surface area contributed by atoms with E-state index in [2.05, 4.69) is 20.8 Å². The van der Waals surface area contributed by atoms with Gasteiger partial charge >= 0.3 is 0 Å². The third-order valence-electron chi connectivity index (χ3n) is 5.65. The lowest BCUT2D eigenvalue weighted by Gasteiger charge is -2.32. The van der Waals surface area contributed by atoms with Gasteiger partial charge in [-0.2, -0.15) is 0 Å². The number of aromatic nitrogens is 3. The van der Waals surface area contributed by atoms with E-state index in [4.69, 9.17) is 20.9 Å². The van der Waals surface area contributed by atoms with Crippen LogP contribution in [-0.2, 0) is 6.54 Å². The van der Waals surface area contributed by atoms with Crippen molar-refractivity contribution < 1.29 is 9.47 Å². The first kappa shape index (κ1) is 22.6. The van der Waals surface area contributed by atoms with Gasteiger partial charge < -0.3 is 14.5 Å². The van der Waals surface area contributed by atoms with Crippen LogP contribution in [-0.4, -0.2) is 46.2 Å². The molecule has 1 aliphatic heterocycles. The lowest BCUT2D eigenvalue weighted by molar-refractivity contribution is 0.198. The van der Waals surface area contributed by atoms with Crippen molar-refractivity contribution in [1.29, 1.82) is 0 Å². The minimum atomic E-state index is -0.139. The molecule has 1 aromatic carbocycles. The number of ether oxygens (including phenoxy) is 2. The molecule has 0 aliphatic carbocycles. The summed E-state index contributed by atoms with van der Waals surface area (Å²) in [4.78, 5) is 26.5. The van der Waals surface area contributed by atoms with Crippen molar-refractivity contribution in [1.82, 2.24) is 19.9 Å². The minimum absolute atomic E-state index is 0.139. The Kier molecular flexibility index (Phi) is 7.38. The van der Waals surface area contributed by atoms with E-state index in [1.165, 1.54) is 0 Å². The average Bonchev–Trinajstić information content (AvgIpc) is 2.84. The highest BCUT2D eigenvalue weighted by molar-refractivity contribution is 5.52. The molecule has 0 saturated carbocycles. The molecule has 1 fully saturated rings. The number of nitrogens with one attached hydrogen (secondary N) is 1. The third kappa shape index (κ3) is 5.79. The summed E-state index contributed by atoms with van der Waals surface area (Å²) in [6, 6.07) is 11.3. The topological polar surface area (TPSA) is 80.3 Å². The summed E-state index contributed by atoms with van der Waals surface area (Å²) >= 11 is 0. The summed E-state index contributed by atoms with van der Waals surface area (Å²) in [6.45, 7) is 5.31. The van der Waals surface area contributed by atoms with Gasteiger partial charge in [-0.1, -0.05) is 12.0 Å². The van der Waals surface area contributed by atoms with Crippen molar-refractivity contribution in [3.63, 3.8) is 0 Å². The SMILES string of the molecule is C#CCOc1ccc(CN2CCCC(c3cc(=O)[nH]c(-c4cccnc4)n3)C2)cc1OCC. The Bertz CT molecular complexity index is 1170. The monoisotopic (exact) mass is 444 g/mol. The Hall–Kier alpha value is -3.63. The Morgan fingerprint density at radius 2 is 2.15 bits per heavy atom. The number of hydrogen-bond acceptors (Lipinski definition) is 6. The second-order valence-corrected chi connectivity index (χ2v) is 8.04. The molecule has 2 aromatic heterocycles. The van der Waals surface area contributed by atoms with Crippen LogP contribution in [0, 0.1) is 12.3 Å². The van der Waals surface area contributed by atoms with Crippen LogP contribution in [0.5, 0.6) is 11.5 Å². The van der Waals surface area contributed by atoms with Gasteiger partial charge in [0.25, 0.3) is 5.56 Å². The number of hydrogen-bond donors (Lipinski definition) is 1. The summed E-state index contributed by atoms with van der Waals surface area (Å²) in [5.41, 5.74) is 2.64. The van der Waals surface area contributed by atoms with Crippen LogP contribution in [0.1, 0.15) is 36.9 Å². The molecule has 3 heterocycles. The van der Waals surface area contributed by atoms with Crippen LogP contribution in [0.15, 0.2) is 53.6 Å². The normalized spacial score (nSPS) is 16.2. The zero-order valence-corrected chi connectivity index (χ0v) is 18.8. The number of pyridine rings is 1. The number of rotatable bonds is 8. The molecule has 7 nitrogen and oxygen atoms in total. The molecule has 7 heteroatoms. The first-order valence-electron chi connectivity index (χ1n) is 11.2. The summed E-state index contributed by atoms with van der Waals surface area (Å²) in [5.74, 6) is 4.60. The Labute approximate surface area is 193 Å². The van der Waals surface area contributed by atoms with E-state index >= 15 is 0 Å². The van der Waals surface area contributed by atoms with Gasteiger partial charge in [0, 0.05) is 43.0 Å². The standard InChI is InChI=1S/C26H28N4O3/c1-3-13-33-23-10-9-19(14-24(23)32-4-2)17-30-12-6-8-21(18-30)22-15-25(31)29-26(28-22)20-7-5-11-27-16-20/h1,5,7,9-11,14-16,21H,4,6,8,12-13,17-18H2,2H3,(H,28,29,31). The molecule has 0 radical (unpaired) electrons. The van der Waals surface area contributed by atoms with Crippen LogP contribution in [0.4, 0.5) is 0 Å². The highest BCUT2D eigenvalue weighted by Gasteiger charge is 2.24. The van der Waals surface area contributed by atoms with Crippen molar-refractivity contribution in [2.45, 2.75) is 32.2 Å². The fourth-order valence-electron chi connectivity index (χ4n) is 4.18. The molecule has 0 bridgehead atoms. The molecule has 1 saturated heterocycles. The number of benzene rings is 1. The maximum Gasteiger partial charge on any atom is 0.251 e. The van der Waals surface area contributed by atoms with Gasteiger partial charge in [0.05, 0.1) is 12.3 Å². The van der Waals surface area contributed by atoms with Crippen molar-refractivity contribution in [2.75, 3.05) is 26.3 Å². The predicted octanol–water partition coefficient (Wildman–Crippen LogP) is 3.62. The number of terminal acetylenes is 1. The fourth-order valence-corrected chi connectivity index (χ4v) is 4.18. The van der Waals surface area contributed by atoms with Gasteiger partial charge in [0.2, 0.25) is 0 Å². The van der Waals surface area contributed by atoms with Gasteiger partial charge in [-0.25, -0.2) is 4.98 Å². The molecule has 33 heavy (non-hydrogen) atoms. The highest BCUT2D eigenvalue weighted by atomic mass is 16.5. The lowest BCUT2D eigenvalue weighted by atomic mass is 9.94. The predicted molar refractivity (Wildman–Crippen MR) is 127 cm³/mol. The molecule has 1 atom stereocenters. The molecule has 0 amide bonds. The number of H-pyrrole nitrogens is 1. The van der Waals surface area contributed by atoms with Crippen LogP contribution in [0.3, 0.4) is 0 Å². The molecule has 1 unspecified atom stereocenters. The van der Waals surface area contributed by atoms with Crippen molar-refractivity contribution in [2.24, 2.45) is 0 Å². The number of likely N-dealkylation sites (tertiary alicyclic amines) is 1. The van der Waals surface area contributed by atoms with Gasteiger partial charge in [-0.3, -0.25) is 14.7 Å². The fraction of sp³-hybridized carbons (Fsp3) is 0.346. The van der Waals surface area contributed by atoms with Crippen LogP contribution < -0.4 is 15.0 Å². The van der Waals surface area contributed by atoms with E-state index in [1.807, 2.05) is 37.3 Å². The van der Waals surface area contributed by atoms with Gasteiger partial charge in [0.1, 0.15) is 12.4 Å². The molecular weight excluding hydrogens is 416 g/mol. The second-order valence-electron chi connectivity index (χ2n) is 8.04. The summed E-state index contributed by atoms with van der Waals surface area (Å²) in [5, 5.41) is 0. The van der Waals surface area contributed by atoms with Gasteiger partial charge in [-0.15, -0.1) is 6.42 Å². The summed E-state index contributed by atoms with van der Waals surface area (Å²) in [7, 11) is 0. The lowest BCUT2D eigenvalue weighted by Crippen LogP contribution is -2.34. The van der Waals surface area contributed by atoms with E-state index in [9.17, 15) is 4.79 Å². The van der Waals surface area contributed by atoms with Crippen LogP contribution in [0.2, 0.25) is 0 Å². The maximum atomic E-state index is 12.3. The van der Waals surface area contributed by atoms with E-state index in [0.717, 1.165) is 49.3 Å². The molecule has 4 rings (SSSR count). The Morgan fingerprint density at radius 3 is 2.94 bits per heavy atom. The first-order chi connectivity index (χ1) is 16.2. The highest BCUT2D eigenvalue weighted by Crippen LogP contribution is 2.31. The van der Waals surface area contributed by atoms with Crippen LogP contribution >= 0.6 is 0 Å². The number of piperidine rings is 1. The van der Waals surface area contributed by atoms with Crippen molar-refractivity contribution in [3.05, 3.63) is 70.4 Å². The Morgan fingerprint density at radius 1 is 1.24 bits per heavy atom. The van der Waals surface area contributed by atoms with Crippen molar-refractivity contribution >= 4 is 0 Å². The second kappa shape index (κ2) is 10.8. The zero-order valence-electron chi connectivity index (χ0n) is 18.8. The van der Waals surface area contributed by atoms with E-state index in [0.29, 0.717) is 23.9 Å². The molecular formula is C26H28N4O3. The quantitative estimate of drug-likeness (QED) is 0.535. The average molecular weight is 445 g/mol. The number of aromatic amines is 1. The first-order valence-corrected chi connectivity index (χ1v) is 11.2. The molecule has 1 aliphatic rings. The van der Waals surface area contributed by atoms with Crippen molar-refractivity contribution in [3.8, 4) is 35.2 Å². The van der Waals surface area contributed by atoms with E-state index < -0.39 is 0 Å². The smallest absolute Gasteiger partial charge is 0.251 e. The van der Waals surface area contributed by atoms with Gasteiger partial charge in [-0.05, 0) is 56.1 Å². The van der Waals surface area contributed by atoms with E-state index in [-0.39, 0.29) is 18.1 Å². The zero-order chi connectivity index (χ0) is 23.0. The Balaban J connectivity index is 1.49. The minimum Gasteiger partial charge on any atom is -0.490 e. The molecule has 170 valence electrons. The third-order valence-corrected chi connectivity index (χ3v) is 5.65. The largest absolute Gasteiger partial charge is 0.490 e. The molecule has 1 N–H and O–H groups in total.